The summed E-state index contributed by atoms with van der Waals surface area (Å²) in [5, 5.41) is 57.5. The first-order valence-electron chi connectivity index (χ1n) is 11.0. The van der Waals surface area contributed by atoms with Crippen molar-refractivity contribution in [1.29, 1.82) is 0 Å². The topological polar surface area (TPSA) is 121 Å². The van der Waals surface area contributed by atoms with Crippen molar-refractivity contribution in [2.24, 2.45) is 0 Å². The molecule has 0 aliphatic carbocycles. The Balaban J connectivity index is 1.35. The zero-order valence-corrected chi connectivity index (χ0v) is 18.4. The van der Waals surface area contributed by atoms with E-state index in [0.717, 1.165) is 46.2 Å². The molecule has 4 aromatic rings. The van der Waals surface area contributed by atoms with Gasteiger partial charge < -0.3 is 30.6 Å². The molecular formula is C28H26O6. The highest BCUT2D eigenvalue weighted by Crippen LogP contribution is 2.36. The highest BCUT2D eigenvalue weighted by Gasteiger charge is 2.09. The molecule has 0 saturated carbocycles. The Morgan fingerprint density at radius 2 is 0.618 bits per heavy atom. The summed E-state index contributed by atoms with van der Waals surface area (Å²) in [6.07, 6.45) is 2.69. The minimum atomic E-state index is -0.502. The van der Waals surface area contributed by atoms with Gasteiger partial charge in [0.1, 0.15) is 0 Å². The van der Waals surface area contributed by atoms with Gasteiger partial charge >= 0.3 is 0 Å². The lowest BCUT2D eigenvalue weighted by molar-refractivity contribution is 0.367. The second-order valence-corrected chi connectivity index (χ2v) is 8.36. The molecular weight excluding hydrogens is 432 g/mol. The van der Waals surface area contributed by atoms with Crippen LogP contribution in [0, 0.1) is 0 Å². The zero-order chi connectivity index (χ0) is 24.2. The van der Waals surface area contributed by atoms with Crippen LogP contribution in [-0.2, 0) is 25.7 Å². The number of phenolic OH excluding ortho intramolecular Hbond substituents is 6. The number of aromatic hydroxyl groups is 6. The maximum Gasteiger partial charge on any atom is 0.200 e. The van der Waals surface area contributed by atoms with Gasteiger partial charge in [-0.2, -0.15) is 0 Å². The Labute approximate surface area is 197 Å². The van der Waals surface area contributed by atoms with E-state index in [-0.39, 0.29) is 23.0 Å². The molecule has 0 bridgehead atoms. The molecule has 0 saturated heterocycles. The molecule has 0 aromatic heterocycles. The van der Waals surface area contributed by atoms with E-state index in [1.54, 1.807) is 0 Å². The monoisotopic (exact) mass is 458 g/mol. The van der Waals surface area contributed by atoms with Crippen molar-refractivity contribution in [3.8, 4) is 45.6 Å². The lowest BCUT2D eigenvalue weighted by Gasteiger charge is -2.09. The zero-order valence-electron chi connectivity index (χ0n) is 18.4. The lowest BCUT2D eigenvalue weighted by Crippen LogP contribution is -1.93. The van der Waals surface area contributed by atoms with E-state index in [1.807, 2.05) is 24.3 Å². The van der Waals surface area contributed by atoms with Gasteiger partial charge in [-0.1, -0.05) is 48.5 Å². The minimum Gasteiger partial charge on any atom is -0.504 e. The van der Waals surface area contributed by atoms with E-state index >= 15 is 0 Å². The van der Waals surface area contributed by atoms with Gasteiger partial charge in [0.05, 0.1) is 0 Å². The summed E-state index contributed by atoms with van der Waals surface area (Å²) in [7, 11) is 0. The Bertz CT molecular complexity index is 1140. The number of rotatable bonds is 7. The molecule has 6 nitrogen and oxygen atoms in total. The maximum absolute atomic E-state index is 9.64. The molecule has 0 radical (unpaired) electrons. The normalized spacial score (nSPS) is 10.9. The molecule has 0 unspecified atom stereocenters. The highest BCUT2D eigenvalue weighted by molar-refractivity contribution is 5.64. The van der Waals surface area contributed by atoms with Crippen LogP contribution in [-0.4, -0.2) is 30.6 Å². The number of aryl methyl sites for hydroxylation is 4. The van der Waals surface area contributed by atoms with E-state index < -0.39 is 11.5 Å². The molecule has 4 rings (SSSR count). The fraction of sp³-hybridized carbons (Fsp3) is 0.143. The Morgan fingerprint density at radius 3 is 0.912 bits per heavy atom. The molecule has 4 aromatic carbocycles. The fourth-order valence-corrected chi connectivity index (χ4v) is 3.92. The summed E-state index contributed by atoms with van der Waals surface area (Å²) in [4.78, 5) is 0. The molecule has 0 atom stereocenters. The number of benzene rings is 4. The highest BCUT2D eigenvalue weighted by atomic mass is 16.3. The lowest BCUT2D eigenvalue weighted by atomic mass is 9.98. The van der Waals surface area contributed by atoms with E-state index in [2.05, 4.69) is 24.3 Å². The van der Waals surface area contributed by atoms with Crippen LogP contribution >= 0.6 is 0 Å². The average molecular weight is 459 g/mol. The molecule has 34 heavy (non-hydrogen) atoms. The molecule has 0 fully saturated rings. The molecule has 0 spiro atoms. The van der Waals surface area contributed by atoms with E-state index in [9.17, 15) is 30.6 Å². The third kappa shape index (κ3) is 5.18. The Hall–Kier alpha value is -4.32. The molecule has 0 aliphatic heterocycles. The molecule has 0 heterocycles. The summed E-state index contributed by atoms with van der Waals surface area (Å²) in [6.45, 7) is 0. The van der Waals surface area contributed by atoms with Crippen LogP contribution in [0.15, 0.2) is 72.8 Å². The number of hydrogen-bond acceptors (Lipinski definition) is 6. The van der Waals surface area contributed by atoms with Crippen molar-refractivity contribution in [3.05, 3.63) is 95.1 Å². The van der Waals surface area contributed by atoms with E-state index in [0.29, 0.717) is 12.8 Å². The van der Waals surface area contributed by atoms with Crippen LogP contribution in [0.2, 0.25) is 0 Å². The van der Waals surface area contributed by atoms with E-state index in [4.69, 9.17) is 0 Å². The first kappa shape index (κ1) is 22.9. The van der Waals surface area contributed by atoms with Gasteiger partial charge in [-0.05, 0) is 83.3 Å². The minimum absolute atomic E-state index is 0.326. The second-order valence-electron chi connectivity index (χ2n) is 8.36. The Morgan fingerprint density at radius 1 is 0.353 bits per heavy atom. The third-order valence-corrected chi connectivity index (χ3v) is 5.90. The summed E-state index contributed by atoms with van der Waals surface area (Å²) in [6, 6.07) is 22.2. The van der Waals surface area contributed by atoms with Gasteiger partial charge in [-0.15, -0.1) is 0 Å². The van der Waals surface area contributed by atoms with Gasteiger partial charge in [0.25, 0.3) is 0 Å². The van der Waals surface area contributed by atoms with Crippen LogP contribution in [0.5, 0.6) is 34.5 Å². The quantitative estimate of drug-likeness (QED) is 0.213. The van der Waals surface area contributed by atoms with Gasteiger partial charge in [-0.25, -0.2) is 0 Å². The van der Waals surface area contributed by atoms with Gasteiger partial charge in [0.2, 0.25) is 0 Å². The van der Waals surface area contributed by atoms with Crippen molar-refractivity contribution in [2.45, 2.75) is 25.7 Å². The summed E-state index contributed by atoms with van der Waals surface area (Å²) < 4.78 is 0. The molecule has 174 valence electrons. The summed E-state index contributed by atoms with van der Waals surface area (Å²) in [5.74, 6) is -2.31. The van der Waals surface area contributed by atoms with Crippen LogP contribution in [0.4, 0.5) is 0 Å². The Kier molecular flexibility index (Phi) is 6.50. The van der Waals surface area contributed by atoms with Crippen LogP contribution in [0.1, 0.15) is 22.3 Å². The molecule has 6 N–H and O–H groups in total. The molecule has 0 aliphatic rings. The van der Waals surface area contributed by atoms with Crippen molar-refractivity contribution in [1.82, 2.24) is 0 Å². The van der Waals surface area contributed by atoms with Crippen LogP contribution in [0.3, 0.4) is 0 Å². The standard InChI is InChI=1S/C28H26O6/c29-23-13-19(14-24(30)27(23)33)3-1-17-5-9-21(10-6-17)22-11-7-18(8-12-22)2-4-20-15-25(31)28(34)26(32)16-20/h5-16,29-34H,1-4H2. The average Bonchev–Trinajstić information content (AvgIpc) is 2.83. The predicted molar refractivity (Wildman–Crippen MR) is 130 cm³/mol. The smallest absolute Gasteiger partial charge is 0.200 e. The van der Waals surface area contributed by atoms with Crippen molar-refractivity contribution < 1.29 is 30.6 Å². The van der Waals surface area contributed by atoms with Crippen LogP contribution in [0.25, 0.3) is 11.1 Å². The molecule has 0 amide bonds. The number of hydrogen-bond donors (Lipinski definition) is 6. The number of phenols is 6. The SMILES string of the molecule is Oc1cc(CCc2ccc(-c3ccc(CCc4cc(O)c(O)c(O)c4)cc3)cc2)cc(O)c1O. The van der Waals surface area contributed by atoms with E-state index in [1.165, 1.54) is 24.3 Å². The van der Waals surface area contributed by atoms with Crippen molar-refractivity contribution >= 4 is 0 Å². The largest absolute Gasteiger partial charge is 0.504 e. The van der Waals surface area contributed by atoms with Crippen LogP contribution < -0.4 is 0 Å². The van der Waals surface area contributed by atoms with Gasteiger partial charge in [0, 0.05) is 0 Å². The van der Waals surface area contributed by atoms with Gasteiger partial charge in [0.15, 0.2) is 34.5 Å². The van der Waals surface area contributed by atoms with Crippen molar-refractivity contribution in [3.63, 3.8) is 0 Å². The fourth-order valence-electron chi connectivity index (χ4n) is 3.92. The first-order chi connectivity index (χ1) is 16.3. The maximum atomic E-state index is 9.64. The summed E-state index contributed by atoms with van der Waals surface area (Å²) >= 11 is 0. The molecule has 6 heteroatoms. The first-order valence-corrected chi connectivity index (χ1v) is 11.0. The predicted octanol–water partition coefficient (Wildman–Crippen LogP) is 5.16. The second kappa shape index (κ2) is 9.67. The third-order valence-electron chi connectivity index (χ3n) is 5.90. The van der Waals surface area contributed by atoms with Crippen molar-refractivity contribution in [2.75, 3.05) is 0 Å². The van der Waals surface area contributed by atoms with Gasteiger partial charge in [-0.3, -0.25) is 0 Å². The summed E-state index contributed by atoms with van der Waals surface area (Å²) in [5.41, 5.74) is 5.89.